The molecule has 0 radical (unpaired) electrons. The number of amides is 1. The van der Waals surface area contributed by atoms with Crippen LogP contribution in [0.2, 0.25) is 0 Å². The van der Waals surface area contributed by atoms with Gasteiger partial charge < -0.3 is 14.2 Å². The molecule has 1 saturated heterocycles. The van der Waals surface area contributed by atoms with E-state index in [0.717, 1.165) is 5.69 Å². The summed E-state index contributed by atoms with van der Waals surface area (Å²) in [4.78, 5) is 18.5. The molecule has 3 heterocycles. The third-order valence-electron chi connectivity index (χ3n) is 3.20. The number of ether oxygens (including phenoxy) is 1. The van der Waals surface area contributed by atoms with Gasteiger partial charge in [0.25, 0.3) is 11.8 Å². The van der Waals surface area contributed by atoms with Crippen LogP contribution in [-0.2, 0) is 4.74 Å². The quantitative estimate of drug-likeness (QED) is 0.831. The normalized spacial score (nSPS) is 19.3. The van der Waals surface area contributed by atoms with Crippen LogP contribution in [-0.4, -0.2) is 45.1 Å². The largest absolute Gasteiger partial charge is 0.377 e. The summed E-state index contributed by atoms with van der Waals surface area (Å²) >= 11 is 1.28. The van der Waals surface area contributed by atoms with Crippen molar-refractivity contribution in [1.82, 2.24) is 19.4 Å². The van der Waals surface area contributed by atoms with Gasteiger partial charge in [0, 0.05) is 11.9 Å². The van der Waals surface area contributed by atoms with E-state index in [-0.39, 0.29) is 11.9 Å². The van der Waals surface area contributed by atoms with Crippen molar-refractivity contribution in [2.24, 2.45) is 0 Å². The van der Waals surface area contributed by atoms with E-state index in [1.165, 1.54) is 11.5 Å². The lowest BCUT2D eigenvalue weighted by molar-refractivity contribution is -0.0119. The van der Waals surface area contributed by atoms with E-state index in [0.29, 0.717) is 37.0 Å². The van der Waals surface area contributed by atoms with Gasteiger partial charge in [0.15, 0.2) is 5.82 Å². The summed E-state index contributed by atoms with van der Waals surface area (Å²) in [6.45, 7) is 4.95. The molecule has 2 aromatic heterocycles. The van der Waals surface area contributed by atoms with E-state index in [1.807, 2.05) is 6.92 Å². The second-order valence-corrected chi connectivity index (χ2v) is 5.21. The molecule has 0 bridgehead atoms. The first-order valence-electron chi connectivity index (χ1n) is 6.26. The molecule has 1 aliphatic rings. The van der Waals surface area contributed by atoms with Crippen LogP contribution in [0.1, 0.15) is 33.8 Å². The SMILES string of the molecule is Cc1noc([C@H]2COCCN2C(=O)c2csnc2C)n1. The molecule has 0 saturated carbocycles. The Hall–Kier alpha value is -1.80. The smallest absolute Gasteiger partial charge is 0.257 e. The van der Waals surface area contributed by atoms with Gasteiger partial charge in [-0.3, -0.25) is 4.79 Å². The van der Waals surface area contributed by atoms with Crippen LogP contribution in [0.3, 0.4) is 0 Å². The van der Waals surface area contributed by atoms with E-state index in [2.05, 4.69) is 14.5 Å². The highest BCUT2D eigenvalue weighted by Gasteiger charge is 2.34. The predicted molar refractivity (Wildman–Crippen MR) is 70.5 cm³/mol. The zero-order chi connectivity index (χ0) is 14.1. The van der Waals surface area contributed by atoms with Crippen molar-refractivity contribution < 1.29 is 14.1 Å². The maximum atomic E-state index is 12.6. The molecule has 0 spiro atoms. The highest BCUT2D eigenvalue weighted by atomic mass is 32.1. The van der Waals surface area contributed by atoms with Gasteiger partial charge in [-0.05, 0) is 25.4 Å². The molecule has 1 fully saturated rings. The van der Waals surface area contributed by atoms with Gasteiger partial charge in [-0.25, -0.2) is 0 Å². The molecule has 2 aromatic rings. The average Bonchev–Trinajstić information content (AvgIpc) is 3.07. The fourth-order valence-electron chi connectivity index (χ4n) is 2.15. The van der Waals surface area contributed by atoms with Crippen LogP contribution in [0.25, 0.3) is 0 Å². The Balaban J connectivity index is 1.89. The van der Waals surface area contributed by atoms with Gasteiger partial charge >= 0.3 is 0 Å². The van der Waals surface area contributed by atoms with Gasteiger partial charge in [-0.2, -0.15) is 9.36 Å². The molecule has 0 unspecified atom stereocenters. The first-order chi connectivity index (χ1) is 9.66. The lowest BCUT2D eigenvalue weighted by atomic mass is 10.1. The number of hydrogen-bond acceptors (Lipinski definition) is 7. The number of aromatic nitrogens is 3. The molecule has 8 heteroatoms. The summed E-state index contributed by atoms with van der Waals surface area (Å²) in [5.74, 6) is 0.892. The third kappa shape index (κ3) is 2.32. The van der Waals surface area contributed by atoms with Gasteiger partial charge in [0.2, 0.25) is 0 Å². The second kappa shape index (κ2) is 5.29. The molecule has 7 nitrogen and oxygen atoms in total. The van der Waals surface area contributed by atoms with E-state index >= 15 is 0 Å². The second-order valence-electron chi connectivity index (χ2n) is 4.58. The molecule has 1 aliphatic heterocycles. The Morgan fingerprint density at radius 2 is 2.35 bits per heavy atom. The number of nitrogens with zero attached hydrogens (tertiary/aromatic N) is 4. The average molecular weight is 294 g/mol. The van der Waals surface area contributed by atoms with Crippen LogP contribution in [0.4, 0.5) is 0 Å². The number of carbonyl (C=O) groups excluding carboxylic acids is 1. The predicted octanol–water partition coefficient (Wildman–Crippen LogP) is 1.36. The van der Waals surface area contributed by atoms with Gasteiger partial charge in [0.1, 0.15) is 6.04 Å². The lowest BCUT2D eigenvalue weighted by Gasteiger charge is -2.33. The minimum absolute atomic E-state index is 0.0691. The molecule has 1 amide bonds. The zero-order valence-corrected chi connectivity index (χ0v) is 12.0. The van der Waals surface area contributed by atoms with E-state index < -0.39 is 0 Å². The van der Waals surface area contributed by atoms with Crippen molar-refractivity contribution >= 4 is 17.4 Å². The summed E-state index contributed by atoms with van der Waals surface area (Å²) in [6, 6.07) is -0.336. The van der Waals surface area contributed by atoms with Crippen LogP contribution in [0.5, 0.6) is 0 Å². The molecule has 3 rings (SSSR count). The number of morpholine rings is 1. The first-order valence-corrected chi connectivity index (χ1v) is 7.10. The first kappa shape index (κ1) is 13.2. The zero-order valence-electron chi connectivity index (χ0n) is 11.2. The molecule has 0 N–H and O–H groups in total. The van der Waals surface area contributed by atoms with Crippen molar-refractivity contribution in [2.45, 2.75) is 19.9 Å². The van der Waals surface area contributed by atoms with E-state index in [4.69, 9.17) is 9.26 Å². The van der Waals surface area contributed by atoms with Gasteiger partial charge in [0.05, 0.1) is 24.5 Å². The molecule has 106 valence electrons. The summed E-state index contributed by atoms with van der Waals surface area (Å²) in [5.41, 5.74) is 1.37. The fraction of sp³-hybridized carbons (Fsp3) is 0.500. The van der Waals surface area contributed by atoms with E-state index in [9.17, 15) is 4.79 Å². The molecular weight excluding hydrogens is 280 g/mol. The Morgan fingerprint density at radius 1 is 1.50 bits per heavy atom. The topological polar surface area (TPSA) is 81.4 Å². The minimum atomic E-state index is -0.336. The maximum Gasteiger partial charge on any atom is 0.257 e. The molecule has 1 atom stereocenters. The minimum Gasteiger partial charge on any atom is -0.377 e. The van der Waals surface area contributed by atoms with Crippen molar-refractivity contribution in [1.29, 1.82) is 0 Å². The highest BCUT2D eigenvalue weighted by molar-refractivity contribution is 7.03. The van der Waals surface area contributed by atoms with Crippen LogP contribution < -0.4 is 0 Å². The Bertz CT molecular complexity index is 624. The highest BCUT2D eigenvalue weighted by Crippen LogP contribution is 2.25. The molecular formula is C12H14N4O3S. The van der Waals surface area contributed by atoms with Crippen LogP contribution in [0, 0.1) is 13.8 Å². The molecule has 0 aromatic carbocycles. The maximum absolute atomic E-state index is 12.6. The van der Waals surface area contributed by atoms with Crippen molar-refractivity contribution in [3.63, 3.8) is 0 Å². The number of rotatable bonds is 2. The van der Waals surface area contributed by atoms with Crippen molar-refractivity contribution in [3.8, 4) is 0 Å². The summed E-state index contributed by atoms with van der Waals surface area (Å²) < 4.78 is 14.8. The molecule has 0 aliphatic carbocycles. The summed E-state index contributed by atoms with van der Waals surface area (Å²) in [6.07, 6.45) is 0. The van der Waals surface area contributed by atoms with E-state index in [1.54, 1.807) is 17.2 Å². The lowest BCUT2D eigenvalue weighted by Crippen LogP contribution is -2.43. The standard InChI is InChI=1S/C12H14N4O3S/c1-7-9(6-20-15-7)12(17)16-3-4-18-5-10(16)11-13-8(2)14-19-11/h6,10H,3-5H2,1-2H3/t10-/m1/s1. The van der Waals surface area contributed by atoms with Crippen LogP contribution in [0.15, 0.2) is 9.90 Å². The summed E-state index contributed by atoms with van der Waals surface area (Å²) in [7, 11) is 0. The Morgan fingerprint density at radius 3 is 3.00 bits per heavy atom. The van der Waals surface area contributed by atoms with Gasteiger partial charge in [-0.1, -0.05) is 5.16 Å². The van der Waals surface area contributed by atoms with Gasteiger partial charge in [-0.15, -0.1) is 0 Å². The number of aryl methyl sites for hydroxylation is 2. The van der Waals surface area contributed by atoms with Crippen LogP contribution >= 0.6 is 11.5 Å². The van der Waals surface area contributed by atoms with Crippen molar-refractivity contribution in [3.05, 3.63) is 28.4 Å². The molecule has 20 heavy (non-hydrogen) atoms. The number of hydrogen-bond donors (Lipinski definition) is 0. The fourth-order valence-corrected chi connectivity index (χ4v) is 2.84. The number of carbonyl (C=O) groups is 1. The van der Waals surface area contributed by atoms with Crippen molar-refractivity contribution in [2.75, 3.05) is 19.8 Å². The third-order valence-corrected chi connectivity index (χ3v) is 3.92. The summed E-state index contributed by atoms with van der Waals surface area (Å²) in [5, 5.41) is 5.54. The monoisotopic (exact) mass is 294 g/mol. The Kier molecular flexibility index (Phi) is 3.49. The Labute approximate surface area is 119 Å².